The number of aromatic nitrogens is 1. The van der Waals surface area contributed by atoms with Crippen LogP contribution < -0.4 is 5.56 Å². The van der Waals surface area contributed by atoms with Gasteiger partial charge in [0.05, 0.1) is 6.54 Å². The highest BCUT2D eigenvalue weighted by molar-refractivity contribution is 5.94. The Hall–Kier alpha value is -2.88. The van der Waals surface area contributed by atoms with Crippen molar-refractivity contribution in [2.75, 3.05) is 7.05 Å². The molecule has 1 aromatic heterocycles. The Morgan fingerprint density at radius 3 is 2.54 bits per heavy atom. The van der Waals surface area contributed by atoms with Crippen molar-refractivity contribution in [1.29, 1.82) is 0 Å². The van der Waals surface area contributed by atoms with Crippen LogP contribution in [0, 0.1) is 13.8 Å². The zero-order valence-electron chi connectivity index (χ0n) is 14.1. The Morgan fingerprint density at radius 1 is 1.04 bits per heavy atom. The lowest BCUT2D eigenvalue weighted by Gasteiger charge is -2.17. The number of benzene rings is 2. The third-order valence-corrected chi connectivity index (χ3v) is 4.10. The van der Waals surface area contributed by atoms with Crippen LogP contribution in [0.5, 0.6) is 0 Å². The molecular formula is C20H20N2O2. The van der Waals surface area contributed by atoms with Crippen molar-refractivity contribution in [3.8, 4) is 0 Å². The first kappa shape index (κ1) is 16.0. The molecule has 0 fully saturated rings. The predicted octanol–water partition coefficient (Wildman–Crippen LogP) is 3.42. The van der Waals surface area contributed by atoms with Gasteiger partial charge in [0, 0.05) is 23.7 Å². The van der Waals surface area contributed by atoms with Gasteiger partial charge in [-0.3, -0.25) is 9.59 Å². The van der Waals surface area contributed by atoms with Crippen LogP contribution >= 0.6 is 0 Å². The van der Waals surface area contributed by atoms with Crippen LogP contribution in [0.4, 0.5) is 0 Å². The lowest BCUT2D eigenvalue weighted by Crippen LogP contribution is -2.29. The number of aryl methyl sites for hydroxylation is 2. The molecule has 0 radical (unpaired) electrons. The zero-order chi connectivity index (χ0) is 17.3. The van der Waals surface area contributed by atoms with Crippen molar-refractivity contribution >= 4 is 16.8 Å². The molecule has 0 aliphatic rings. The Morgan fingerprint density at radius 2 is 1.79 bits per heavy atom. The quantitative estimate of drug-likeness (QED) is 0.804. The van der Waals surface area contributed by atoms with Gasteiger partial charge < -0.3 is 9.88 Å². The summed E-state index contributed by atoms with van der Waals surface area (Å²) in [4.78, 5) is 29.3. The van der Waals surface area contributed by atoms with Gasteiger partial charge >= 0.3 is 0 Å². The molecule has 122 valence electrons. The number of H-pyrrole nitrogens is 1. The molecule has 0 aliphatic carbocycles. The molecular weight excluding hydrogens is 300 g/mol. The first-order chi connectivity index (χ1) is 11.4. The van der Waals surface area contributed by atoms with E-state index in [1.54, 1.807) is 18.0 Å². The first-order valence-corrected chi connectivity index (χ1v) is 7.89. The number of hydrogen-bond acceptors (Lipinski definition) is 2. The molecule has 0 saturated carbocycles. The number of nitrogens with one attached hydrogen (secondary N) is 1. The molecule has 0 bridgehead atoms. The fraction of sp³-hybridized carbons (Fsp3) is 0.200. The Kier molecular flexibility index (Phi) is 4.21. The highest BCUT2D eigenvalue weighted by Crippen LogP contribution is 2.15. The Bertz CT molecular complexity index is 973. The summed E-state index contributed by atoms with van der Waals surface area (Å²) in [7, 11) is 1.71. The Balaban J connectivity index is 1.90. The van der Waals surface area contributed by atoms with E-state index < -0.39 is 0 Å². The van der Waals surface area contributed by atoms with Crippen LogP contribution in [0.15, 0.2) is 53.3 Å². The van der Waals surface area contributed by atoms with Crippen molar-refractivity contribution in [3.05, 3.63) is 81.1 Å². The highest BCUT2D eigenvalue weighted by Gasteiger charge is 2.14. The SMILES string of the molecule is Cc1cccc(C(=O)N(C)Cc2cc3cc(C)ccc3[nH]c2=O)c1. The maximum Gasteiger partial charge on any atom is 0.253 e. The van der Waals surface area contributed by atoms with Gasteiger partial charge in [-0.1, -0.05) is 29.3 Å². The van der Waals surface area contributed by atoms with Crippen LogP contribution in [0.3, 0.4) is 0 Å². The fourth-order valence-corrected chi connectivity index (χ4v) is 2.81. The predicted molar refractivity (Wildman–Crippen MR) is 96.3 cm³/mol. The number of aromatic amines is 1. The molecule has 4 heteroatoms. The number of pyridine rings is 1. The second kappa shape index (κ2) is 6.32. The minimum Gasteiger partial charge on any atom is -0.337 e. The molecule has 1 N–H and O–H groups in total. The molecule has 0 saturated heterocycles. The van der Waals surface area contributed by atoms with Crippen LogP contribution in [-0.4, -0.2) is 22.8 Å². The molecule has 3 aromatic rings. The molecule has 0 spiro atoms. The van der Waals surface area contributed by atoms with Crippen LogP contribution in [0.1, 0.15) is 27.0 Å². The van der Waals surface area contributed by atoms with Gasteiger partial charge in [-0.25, -0.2) is 0 Å². The number of fused-ring (bicyclic) bond motifs is 1. The number of carbonyl (C=O) groups is 1. The summed E-state index contributed by atoms with van der Waals surface area (Å²) in [5, 5.41) is 0.973. The van der Waals surface area contributed by atoms with Gasteiger partial charge in [-0.15, -0.1) is 0 Å². The maximum atomic E-state index is 12.5. The standard InChI is InChI=1S/C20H20N2O2/c1-13-5-4-6-15(9-13)20(24)22(3)12-17-11-16-10-14(2)7-8-18(16)21-19(17)23/h4-11H,12H2,1-3H3,(H,21,23). The van der Waals surface area contributed by atoms with E-state index in [1.165, 1.54) is 0 Å². The summed E-state index contributed by atoms with van der Waals surface area (Å²) in [6.45, 7) is 4.23. The average molecular weight is 320 g/mol. The van der Waals surface area contributed by atoms with Crippen molar-refractivity contribution in [1.82, 2.24) is 9.88 Å². The van der Waals surface area contributed by atoms with Gasteiger partial charge in [0.2, 0.25) is 0 Å². The van der Waals surface area contributed by atoms with Crippen molar-refractivity contribution in [2.24, 2.45) is 0 Å². The van der Waals surface area contributed by atoms with E-state index in [2.05, 4.69) is 4.98 Å². The van der Waals surface area contributed by atoms with Crippen molar-refractivity contribution in [2.45, 2.75) is 20.4 Å². The number of amides is 1. The van der Waals surface area contributed by atoms with Crippen molar-refractivity contribution in [3.63, 3.8) is 0 Å². The van der Waals surface area contributed by atoms with E-state index in [1.807, 2.05) is 56.3 Å². The lowest BCUT2D eigenvalue weighted by molar-refractivity contribution is 0.0784. The van der Waals surface area contributed by atoms with E-state index in [0.717, 1.165) is 22.0 Å². The van der Waals surface area contributed by atoms with Crippen LogP contribution in [-0.2, 0) is 6.54 Å². The number of rotatable bonds is 3. The summed E-state index contributed by atoms with van der Waals surface area (Å²) < 4.78 is 0. The number of hydrogen-bond donors (Lipinski definition) is 1. The molecule has 2 aromatic carbocycles. The van der Waals surface area contributed by atoms with Gasteiger partial charge in [0.25, 0.3) is 11.5 Å². The third kappa shape index (κ3) is 3.23. The average Bonchev–Trinajstić information content (AvgIpc) is 2.55. The smallest absolute Gasteiger partial charge is 0.253 e. The van der Waals surface area contributed by atoms with Gasteiger partial charge in [-0.2, -0.15) is 0 Å². The summed E-state index contributed by atoms with van der Waals surface area (Å²) in [6, 6.07) is 15.2. The second-order valence-electron chi connectivity index (χ2n) is 6.25. The molecule has 4 nitrogen and oxygen atoms in total. The normalized spacial score (nSPS) is 10.8. The van der Waals surface area contributed by atoms with Crippen LogP contribution in [0.2, 0.25) is 0 Å². The summed E-state index contributed by atoms with van der Waals surface area (Å²) in [6.07, 6.45) is 0. The van der Waals surface area contributed by atoms with E-state index in [-0.39, 0.29) is 18.0 Å². The molecule has 1 amide bonds. The summed E-state index contributed by atoms with van der Waals surface area (Å²) >= 11 is 0. The molecule has 0 aliphatic heterocycles. The molecule has 0 unspecified atom stereocenters. The van der Waals surface area contributed by atoms with E-state index in [4.69, 9.17) is 0 Å². The minimum atomic E-state index is -0.157. The molecule has 1 heterocycles. The largest absolute Gasteiger partial charge is 0.337 e. The molecule has 0 atom stereocenters. The monoisotopic (exact) mass is 320 g/mol. The topological polar surface area (TPSA) is 53.2 Å². The number of carbonyl (C=O) groups excluding carboxylic acids is 1. The fourth-order valence-electron chi connectivity index (χ4n) is 2.81. The second-order valence-corrected chi connectivity index (χ2v) is 6.25. The molecule has 24 heavy (non-hydrogen) atoms. The zero-order valence-corrected chi connectivity index (χ0v) is 14.1. The van der Waals surface area contributed by atoms with Crippen LogP contribution in [0.25, 0.3) is 10.9 Å². The Labute approximate surface area is 140 Å². The van der Waals surface area contributed by atoms with E-state index in [9.17, 15) is 9.59 Å². The molecule has 3 rings (SSSR count). The third-order valence-electron chi connectivity index (χ3n) is 4.10. The van der Waals surface area contributed by atoms with Gasteiger partial charge in [-0.05, 0) is 49.6 Å². The van der Waals surface area contributed by atoms with E-state index in [0.29, 0.717) is 11.1 Å². The number of nitrogens with zero attached hydrogens (tertiary/aromatic N) is 1. The highest BCUT2D eigenvalue weighted by atomic mass is 16.2. The maximum absolute atomic E-state index is 12.5. The first-order valence-electron chi connectivity index (χ1n) is 7.89. The summed E-state index contributed by atoms with van der Waals surface area (Å²) in [5.41, 5.74) is 4.03. The summed E-state index contributed by atoms with van der Waals surface area (Å²) in [5.74, 6) is -0.0950. The van der Waals surface area contributed by atoms with E-state index >= 15 is 0 Å². The lowest BCUT2D eigenvalue weighted by atomic mass is 10.1. The van der Waals surface area contributed by atoms with Crippen molar-refractivity contribution < 1.29 is 4.79 Å². The van der Waals surface area contributed by atoms with Gasteiger partial charge in [0.15, 0.2) is 0 Å². The van der Waals surface area contributed by atoms with Gasteiger partial charge in [0.1, 0.15) is 0 Å². The minimum absolute atomic E-state index is 0.0950.